The number of rotatable bonds is 9. The fourth-order valence-electron chi connectivity index (χ4n) is 7.88. The zero-order valence-corrected chi connectivity index (χ0v) is 29.8. The average Bonchev–Trinajstić information content (AvgIpc) is 3.23. The predicted molar refractivity (Wildman–Crippen MR) is 216 cm³/mol. The number of aromatic nitrogens is 3. The van der Waals surface area contributed by atoms with Crippen molar-refractivity contribution >= 4 is 6.08 Å². The van der Waals surface area contributed by atoms with Crippen molar-refractivity contribution in [1.29, 1.82) is 0 Å². The molecule has 1 fully saturated rings. The Morgan fingerprint density at radius 3 is 1.56 bits per heavy atom. The molecule has 1 saturated carbocycles. The fourth-order valence-corrected chi connectivity index (χ4v) is 7.88. The number of hydrogen-bond acceptors (Lipinski definition) is 3. The summed E-state index contributed by atoms with van der Waals surface area (Å²) in [5.41, 5.74) is 12.2. The van der Waals surface area contributed by atoms with E-state index < -0.39 is 0 Å². The van der Waals surface area contributed by atoms with Crippen LogP contribution in [0.4, 0.5) is 0 Å². The minimum atomic E-state index is -0.0167. The Morgan fingerprint density at radius 2 is 0.981 bits per heavy atom. The van der Waals surface area contributed by atoms with E-state index in [2.05, 4.69) is 140 Å². The molecule has 0 aliphatic heterocycles. The van der Waals surface area contributed by atoms with E-state index in [1.54, 1.807) is 0 Å². The maximum atomic E-state index is 4.97. The summed E-state index contributed by atoms with van der Waals surface area (Å²) >= 11 is 0. The van der Waals surface area contributed by atoms with Crippen molar-refractivity contribution in [2.75, 3.05) is 0 Å². The molecule has 1 heterocycles. The monoisotopic (exact) mass is 673 g/mol. The Kier molecular flexibility index (Phi) is 9.67. The van der Waals surface area contributed by atoms with Gasteiger partial charge in [-0.3, -0.25) is 0 Å². The lowest BCUT2D eigenvalue weighted by Gasteiger charge is -2.39. The summed E-state index contributed by atoms with van der Waals surface area (Å²) in [5.74, 6) is 2.05. The largest absolute Gasteiger partial charge is 0.208 e. The van der Waals surface area contributed by atoms with Crippen LogP contribution in [0.1, 0.15) is 66.8 Å². The standard InChI is InChI=1S/C49H43N3/c1-2-15-37-17-10-11-22-42(37)34-36-16-14-23-43(35-36)38-24-28-44(29-25-38)49(32-12-5-13-33-49)45-30-26-41(27-31-45)48-51-46(39-18-6-3-7-19-39)50-47(52-48)40-20-8-4-9-21-40/h2-4,6-11,14-31,35H,5,12-13,32-34H2,1H3/b15-2-. The van der Waals surface area contributed by atoms with E-state index in [-0.39, 0.29) is 5.41 Å². The van der Waals surface area contributed by atoms with Gasteiger partial charge in [-0.15, -0.1) is 0 Å². The molecule has 0 saturated heterocycles. The third-order valence-corrected chi connectivity index (χ3v) is 10.6. The lowest BCUT2D eigenvalue weighted by molar-refractivity contribution is 0.346. The van der Waals surface area contributed by atoms with Gasteiger partial charge in [-0.05, 0) is 65.1 Å². The van der Waals surface area contributed by atoms with Crippen molar-refractivity contribution < 1.29 is 0 Å². The highest BCUT2D eigenvalue weighted by Crippen LogP contribution is 2.45. The molecule has 1 aliphatic carbocycles. The molecular weight excluding hydrogens is 631 g/mol. The zero-order valence-electron chi connectivity index (χ0n) is 29.8. The van der Waals surface area contributed by atoms with E-state index in [0.29, 0.717) is 17.5 Å². The van der Waals surface area contributed by atoms with Crippen LogP contribution in [0, 0.1) is 0 Å². The van der Waals surface area contributed by atoms with Gasteiger partial charge in [-0.1, -0.05) is 189 Å². The second-order valence-corrected chi connectivity index (χ2v) is 13.9. The van der Waals surface area contributed by atoms with Crippen molar-refractivity contribution in [2.45, 2.75) is 50.9 Å². The molecule has 7 aromatic rings. The van der Waals surface area contributed by atoms with E-state index >= 15 is 0 Å². The van der Waals surface area contributed by atoms with Gasteiger partial charge in [-0.25, -0.2) is 15.0 Å². The number of benzene rings is 6. The minimum Gasteiger partial charge on any atom is -0.208 e. The van der Waals surface area contributed by atoms with Crippen LogP contribution in [0.3, 0.4) is 0 Å². The first-order valence-electron chi connectivity index (χ1n) is 18.6. The van der Waals surface area contributed by atoms with E-state index in [1.165, 1.54) is 58.2 Å². The second-order valence-electron chi connectivity index (χ2n) is 13.9. The van der Waals surface area contributed by atoms with Crippen LogP contribution in [0.5, 0.6) is 0 Å². The van der Waals surface area contributed by atoms with Gasteiger partial charge in [0.25, 0.3) is 0 Å². The van der Waals surface area contributed by atoms with Crippen LogP contribution in [-0.4, -0.2) is 15.0 Å². The van der Waals surface area contributed by atoms with Crippen LogP contribution in [0.2, 0.25) is 0 Å². The highest BCUT2D eigenvalue weighted by Gasteiger charge is 2.35. The molecule has 254 valence electrons. The highest BCUT2D eigenvalue weighted by molar-refractivity contribution is 5.68. The van der Waals surface area contributed by atoms with Crippen molar-refractivity contribution in [2.24, 2.45) is 0 Å². The zero-order chi connectivity index (χ0) is 35.2. The van der Waals surface area contributed by atoms with Crippen molar-refractivity contribution in [3.8, 4) is 45.3 Å². The molecule has 0 N–H and O–H groups in total. The van der Waals surface area contributed by atoms with Gasteiger partial charge < -0.3 is 0 Å². The van der Waals surface area contributed by atoms with Gasteiger partial charge in [0.2, 0.25) is 0 Å². The minimum absolute atomic E-state index is 0.0167. The Morgan fingerprint density at radius 1 is 0.481 bits per heavy atom. The van der Waals surface area contributed by atoms with Crippen LogP contribution < -0.4 is 0 Å². The van der Waals surface area contributed by atoms with Gasteiger partial charge in [0, 0.05) is 22.1 Å². The molecule has 52 heavy (non-hydrogen) atoms. The molecule has 0 unspecified atom stereocenters. The van der Waals surface area contributed by atoms with Gasteiger partial charge in [0.05, 0.1) is 0 Å². The van der Waals surface area contributed by atoms with Gasteiger partial charge in [-0.2, -0.15) is 0 Å². The summed E-state index contributed by atoms with van der Waals surface area (Å²) in [6.07, 6.45) is 11.3. The maximum absolute atomic E-state index is 4.97. The molecule has 0 amide bonds. The fraction of sp³-hybridized carbons (Fsp3) is 0.163. The van der Waals surface area contributed by atoms with Crippen molar-refractivity contribution in [3.05, 3.63) is 192 Å². The Labute approximate surface area is 307 Å². The van der Waals surface area contributed by atoms with Gasteiger partial charge >= 0.3 is 0 Å². The normalized spacial score (nSPS) is 14.0. The third-order valence-electron chi connectivity index (χ3n) is 10.6. The van der Waals surface area contributed by atoms with Crippen LogP contribution in [-0.2, 0) is 11.8 Å². The summed E-state index contributed by atoms with van der Waals surface area (Å²) in [7, 11) is 0. The van der Waals surface area contributed by atoms with E-state index in [0.717, 1.165) is 36.0 Å². The molecule has 1 aromatic heterocycles. The molecule has 0 radical (unpaired) electrons. The molecule has 6 aromatic carbocycles. The van der Waals surface area contributed by atoms with Gasteiger partial charge in [0.1, 0.15) is 0 Å². The lowest BCUT2D eigenvalue weighted by atomic mass is 9.65. The summed E-state index contributed by atoms with van der Waals surface area (Å²) in [6, 6.07) is 56.5. The predicted octanol–water partition coefficient (Wildman–Crippen LogP) is 12.4. The first-order chi connectivity index (χ1) is 25.7. The molecule has 0 bridgehead atoms. The number of hydrogen-bond donors (Lipinski definition) is 0. The number of nitrogens with zero attached hydrogens (tertiary/aromatic N) is 3. The smallest absolute Gasteiger partial charge is 0.164 e. The summed E-state index contributed by atoms with van der Waals surface area (Å²) in [4.78, 5) is 14.8. The quantitative estimate of drug-likeness (QED) is 0.153. The average molecular weight is 674 g/mol. The molecule has 8 rings (SSSR count). The van der Waals surface area contributed by atoms with E-state index in [9.17, 15) is 0 Å². The van der Waals surface area contributed by atoms with Gasteiger partial charge in [0.15, 0.2) is 17.5 Å². The molecule has 0 atom stereocenters. The second kappa shape index (κ2) is 15.1. The Bertz CT molecular complexity index is 2230. The summed E-state index contributed by atoms with van der Waals surface area (Å²) in [6.45, 7) is 2.08. The lowest BCUT2D eigenvalue weighted by Crippen LogP contribution is -2.30. The highest BCUT2D eigenvalue weighted by atomic mass is 15.0. The van der Waals surface area contributed by atoms with E-state index in [1.807, 2.05) is 36.4 Å². The van der Waals surface area contributed by atoms with Crippen molar-refractivity contribution in [3.63, 3.8) is 0 Å². The summed E-state index contributed by atoms with van der Waals surface area (Å²) in [5, 5.41) is 0. The summed E-state index contributed by atoms with van der Waals surface area (Å²) < 4.78 is 0. The Hall–Kier alpha value is -5.93. The maximum Gasteiger partial charge on any atom is 0.164 e. The first kappa shape index (κ1) is 33.2. The topological polar surface area (TPSA) is 38.7 Å². The molecule has 0 spiro atoms. The first-order valence-corrected chi connectivity index (χ1v) is 18.6. The van der Waals surface area contributed by atoms with Crippen LogP contribution in [0.15, 0.2) is 164 Å². The molecule has 1 aliphatic rings. The van der Waals surface area contributed by atoms with Crippen LogP contribution >= 0.6 is 0 Å². The SMILES string of the molecule is C/C=C\c1ccccc1Cc1cccc(-c2ccc(C3(c4ccc(-c5nc(-c6ccccc6)nc(-c6ccccc6)n5)cc4)CCCCC3)cc2)c1. The Balaban J connectivity index is 1.09. The third kappa shape index (κ3) is 7.00. The molecule has 3 nitrogen and oxygen atoms in total. The molecule has 3 heteroatoms. The van der Waals surface area contributed by atoms with Crippen LogP contribution in [0.25, 0.3) is 51.4 Å². The van der Waals surface area contributed by atoms with Crippen molar-refractivity contribution in [1.82, 2.24) is 15.0 Å². The molecular formula is C49H43N3. The number of allylic oxidation sites excluding steroid dienone is 1. The van der Waals surface area contributed by atoms with E-state index in [4.69, 9.17) is 15.0 Å².